The Morgan fingerprint density at radius 1 is 1.17 bits per heavy atom. The summed E-state index contributed by atoms with van der Waals surface area (Å²) in [6.07, 6.45) is 8.05. The van der Waals surface area contributed by atoms with Gasteiger partial charge in [0.05, 0.1) is 5.41 Å². The Hall–Kier alpha value is -1.40. The Bertz CT molecular complexity index is 622. The van der Waals surface area contributed by atoms with Gasteiger partial charge in [0.15, 0.2) is 11.0 Å². The van der Waals surface area contributed by atoms with Gasteiger partial charge in [0.25, 0.3) is 0 Å². The molecule has 0 bridgehead atoms. The van der Waals surface area contributed by atoms with E-state index in [2.05, 4.69) is 19.8 Å². The zero-order chi connectivity index (χ0) is 16.6. The summed E-state index contributed by atoms with van der Waals surface area (Å²) in [6.45, 7) is 3.98. The van der Waals surface area contributed by atoms with Crippen LogP contribution in [0.15, 0.2) is 12.4 Å². The van der Waals surface area contributed by atoms with Crippen LogP contribution in [0.25, 0.3) is 0 Å². The van der Waals surface area contributed by atoms with E-state index in [1.807, 2.05) is 0 Å². The number of rotatable bonds is 2. The molecule has 1 atom stereocenters. The lowest BCUT2D eigenvalue weighted by molar-refractivity contribution is -0.139. The highest BCUT2D eigenvalue weighted by molar-refractivity contribution is 6.31. The van der Waals surface area contributed by atoms with Gasteiger partial charge in [-0.2, -0.15) is 0 Å². The average Bonchev–Trinajstić information content (AvgIpc) is 2.92. The van der Waals surface area contributed by atoms with Gasteiger partial charge in [-0.1, -0.05) is 11.6 Å². The number of halogens is 1. The van der Waals surface area contributed by atoms with Crippen molar-refractivity contribution in [3.8, 4) is 0 Å². The smallest absolute Gasteiger partial charge is 0.230 e. The van der Waals surface area contributed by atoms with E-state index in [0.29, 0.717) is 29.5 Å². The Balaban J connectivity index is 1.53. The third-order valence-corrected chi connectivity index (χ3v) is 5.96. The topological polar surface area (TPSA) is 58.6 Å². The van der Waals surface area contributed by atoms with Crippen molar-refractivity contribution in [3.63, 3.8) is 0 Å². The normalized spacial score (nSPS) is 28.8. The molecule has 0 aromatic carbocycles. The van der Waals surface area contributed by atoms with Crippen LogP contribution in [0.3, 0.4) is 0 Å². The van der Waals surface area contributed by atoms with Gasteiger partial charge in [-0.15, -0.1) is 0 Å². The minimum Gasteiger partial charge on any atom is -0.381 e. The van der Waals surface area contributed by atoms with Crippen LogP contribution in [0, 0.1) is 5.41 Å². The first-order valence-corrected chi connectivity index (χ1v) is 9.18. The van der Waals surface area contributed by atoms with Crippen LogP contribution in [-0.2, 0) is 9.53 Å². The molecule has 130 valence electrons. The Morgan fingerprint density at radius 2 is 1.96 bits per heavy atom. The minimum atomic E-state index is -0.280. The van der Waals surface area contributed by atoms with E-state index in [4.69, 9.17) is 16.3 Å². The van der Waals surface area contributed by atoms with Crippen LogP contribution < -0.4 is 4.90 Å². The van der Waals surface area contributed by atoms with Crippen molar-refractivity contribution in [1.82, 2.24) is 14.9 Å². The number of nitrogens with zero attached hydrogens (tertiary/aromatic N) is 4. The van der Waals surface area contributed by atoms with Gasteiger partial charge in [0.2, 0.25) is 5.91 Å². The van der Waals surface area contributed by atoms with Crippen molar-refractivity contribution in [2.75, 3.05) is 37.7 Å². The zero-order valence-corrected chi connectivity index (χ0v) is 14.5. The summed E-state index contributed by atoms with van der Waals surface area (Å²) in [5, 5.41) is 0.418. The molecule has 3 fully saturated rings. The molecule has 3 aliphatic heterocycles. The number of carbonyl (C=O) groups excluding carboxylic acids is 1. The SMILES string of the molecule is O=C1N(C2CCOCC2)CC[C@]12CCCN(c1nccnc1Cl)C2. The maximum absolute atomic E-state index is 13.2. The van der Waals surface area contributed by atoms with Gasteiger partial charge in [-0.05, 0) is 32.1 Å². The van der Waals surface area contributed by atoms with E-state index >= 15 is 0 Å². The molecule has 6 nitrogen and oxygen atoms in total. The molecule has 1 amide bonds. The van der Waals surface area contributed by atoms with Crippen molar-refractivity contribution < 1.29 is 9.53 Å². The molecule has 0 N–H and O–H groups in total. The van der Waals surface area contributed by atoms with E-state index in [1.54, 1.807) is 12.4 Å². The van der Waals surface area contributed by atoms with Gasteiger partial charge in [0, 0.05) is 51.3 Å². The monoisotopic (exact) mass is 350 g/mol. The minimum absolute atomic E-state index is 0.280. The van der Waals surface area contributed by atoms with Crippen molar-refractivity contribution in [2.45, 2.75) is 38.1 Å². The molecule has 4 heterocycles. The summed E-state index contributed by atoms with van der Waals surface area (Å²) in [5.41, 5.74) is -0.280. The van der Waals surface area contributed by atoms with E-state index in [-0.39, 0.29) is 5.41 Å². The molecule has 4 rings (SSSR count). The number of likely N-dealkylation sites (tertiary alicyclic amines) is 1. The van der Waals surface area contributed by atoms with Crippen LogP contribution in [-0.4, -0.2) is 59.7 Å². The highest BCUT2D eigenvalue weighted by Crippen LogP contribution is 2.43. The first-order valence-electron chi connectivity index (χ1n) is 8.80. The summed E-state index contributed by atoms with van der Waals surface area (Å²) in [6, 6.07) is 0.348. The van der Waals surface area contributed by atoms with Crippen LogP contribution in [0.1, 0.15) is 32.1 Å². The quantitative estimate of drug-likeness (QED) is 0.817. The fraction of sp³-hybridized carbons (Fsp3) is 0.706. The predicted octanol–water partition coefficient (Wildman–Crippen LogP) is 2.13. The summed E-state index contributed by atoms with van der Waals surface area (Å²) in [7, 11) is 0. The number of amides is 1. The summed E-state index contributed by atoms with van der Waals surface area (Å²) in [4.78, 5) is 26.0. The molecular formula is C17H23ClN4O2. The number of anilines is 1. The Kier molecular flexibility index (Phi) is 4.35. The molecule has 0 unspecified atom stereocenters. The Labute approximate surface area is 147 Å². The highest BCUT2D eigenvalue weighted by atomic mass is 35.5. The highest BCUT2D eigenvalue weighted by Gasteiger charge is 2.50. The third kappa shape index (κ3) is 2.75. The summed E-state index contributed by atoms with van der Waals surface area (Å²) >= 11 is 6.21. The number of carbonyl (C=O) groups is 1. The molecule has 0 saturated carbocycles. The number of piperidine rings is 1. The second kappa shape index (κ2) is 6.48. The van der Waals surface area contributed by atoms with E-state index in [1.165, 1.54) is 0 Å². The lowest BCUT2D eigenvalue weighted by Crippen LogP contribution is -2.50. The molecule has 7 heteroatoms. The second-order valence-electron chi connectivity index (χ2n) is 7.07. The Morgan fingerprint density at radius 3 is 2.75 bits per heavy atom. The number of hydrogen-bond acceptors (Lipinski definition) is 5. The average molecular weight is 351 g/mol. The van der Waals surface area contributed by atoms with Crippen molar-refractivity contribution in [3.05, 3.63) is 17.5 Å². The van der Waals surface area contributed by atoms with Gasteiger partial charge >= 0.3 is 0 Å². The number of hydrogen-bond donors (Lipinski definition) is 0. The fourth-order valence-corrected chi connectivity index (χ4v) is 4.63. The molecule has 0 aliphatic carbocycles. The third-order valence-electron chi connectivity index (χ3n) is 5.69. The lowest BCUT2D eigenvalue weighted by Gasteiger charge is -2.40. The van der Waals surface area contributed by atoms with Crippen LogP contribution >= 0.6 is 11.6 Å². The second-order valence-corrected chi connectivity index (χ2v) is 7.43. The molecule has 3 saturated heterocycles. The summed E-state index contributed by atoms with van der Waals surface area (Å²) < 4.78 is 5.44. The van der Waals surface area contributed by atoms with Gasteiger partial charge < -0.3 is 14.5 Å². The zero-order valence-electron chi connectivity index (χ0n) is 13.8. The van der Waals surface area contributed by atoms with Crippen LogP contribution in [0.2, 0.25) is 5.15 Å². The van der Waals surface area contributed by atoms with Crippen LogP contribution in [0.4, 0.5) is 5.82 Å². The fourth-order valence-electron chi connectivity index (χ4n) is 4.41. The summed E-state index contributed by atoms with van der Waals surface area (Å²) in [5.74, 6) is 1.02. The number of aromatic nitrogens is 2. The first kappa shape index (κ1) is 16.1. The van der Waals surface area contributed by atoms with Gasteiger partial charge in [-0.3, -0.25) is 4.79 Å². The van der Waals surface area contributed by atoms with Crippen molar-refractivity contribution >= 4 is 23.3 Å². The maximum Gasteiger partial charge on any atom is 0.230 e. The lowest BCUT2D eigenvalue weighted by atomic mass is 9.78. The van der Waals surface area contributed by atoms with Crippen molar-refractivity contribution in [2.24, 2.45) is 5.41 Å². The van der Waals surface area contributed by atoms with Crippen LogP contribution in [0.5, 0.6) is 0 Å². The molecule has 1 aromatic rings. The molecule has 3 aliphatic rings. The molecule has 24 heavy (non-hydrogen) atoms. The largest absolute Gasteiger partial charge is 0.381 e. The van der Waals surface area contributed by atoms with E-state index in [0.717, 1.165) is 58.4 Å². The molecular weight excluding hydrogens is 328 g/mol. The maximum atomic E-state index is 13.2. The molecule has 1 aromatic heterocycles. The number of ether oxygens (including phenoxy) is 1. The first-order chi connectivity index (χ1) is 11.7. The van der Waals surface area contributed by atoms with Gasteiger partial charge in [0.1, 0.15) is 0 Å². The van der Waals surface area contributed by atoms with E-state index in [9.17, 15) is 4.79 Å². The van der Waals surface area contributed by atoms with Gasteiger partial charge in [-0.25, -0.2) is 9.97 Å². The standard InChI is InChI=1S/C17H23ClN4O2/c18-14-15(20-7-6-19-14)21-8-1-4-17(12-21)5-9-22(16(17)23)13-2-10-24-11-3-13/h6-7,13H,1-5,8-12H2/t17-/m0/s1. The molecule has 0 radical (unpaired) electrons. The van der Waals surface area contributed by atoms with E-state index < -0.39 is 0 Å². The predicted molar refractivity (Wildman–Crippen MR) is 91.1 cm³/mol. The van der Waals surface area contributed by atoms with Crippen molar-refractivity contribution in [1.29, 1.82) is 0 Å². The molecule has 1 spiro atoms.